The van der Waals surface area contributed by atoms with Gasteiger partial charge < -0.3 is 10.6 Å². The predicted octanol–water partition coefficient (Wildman–Crippen LogP) is 2.44. The third kappa shape index (κ3) is 2.53. The maximum absolute atomic E-state index is 13.3. The van der Waals surface area contributed by atoms with E-state index in [2.05, 4.69) is 20.5 Å². The fourth-order valence-corrected chi connectivity index (χ4v) is 6.09. The molecule has 0 bridgehead atoms. The molecule has 6 nitrogen and oxygen atoms in total. The van der Waals surface area contributed by atoms with E-state index in [0.717, 1.165) is 54.2 Å². The quantitative estimate of drug-likeness (QED) is 0.833. The second-order valence-corrected chi connectivity index (χ2v) is 8.91. The van der Waals surface area contributed by atoms with Gasteiger partial charge in [0.25, 0.3) is 0 Å². The molecule has 3 aliphatic heterocycles. The Kier molecular flexibility index (Phi) is 4.25. The molecule has 3 atom stereocenters. The lowest BCUT2D eigenvalue weighted by Crippen LogP contribution is -2.54. The Hall–Kier alpha value is -2.25. The lowest BCUT2D eigenvalue weighted by atomic mass is 9.78. The summed E-state index contributed by atoms with van der Waals surface area (Å²) in [6.45, 7) is 3.39. The van der Waals surface area contributed by atoms with Crippen LogP contribution in [0.1, 0.15) is 35.5 Å². The molecule has 1 aromatic carbocycles. The first-order valence-corrected chi connectivity index (χ1v) is 10.8. The summed E-state index contributed by atoms with van der Waals surface area (Å²) in [7, 11) is 0. The Bertz CT molecular complexity index is 942. The SMILES string of the molecule is Cc1csc(CCNC(=O)[C@@H]2C[C@H]3CCCN3[C@]23C(=O)Nc2ccccc23)n1. The van der Waals surface area contributed by atoms with Crippen LogP contribution in [0.2, 0.25) is 0 Å². The average Bonchev–Trinajstić information content (AvgIpc) is 3.41. The molecule has 1 aromatic heterocycles. The van der Waals surface area contributed by atoms with Crippen molar-refractivity contribution in [3.63, 3.8) is 0 Å². The van der Waals surface area contributed by atoms with Crippen molar-refractivity contribution in [1.29, 1.82) is 0 Å². The summed E-state index contributed by atoms with van der Waals surface area (Å²) in [6.07, 6.45) is 3.60. The molecule has 2 fully saturated rings. The van der Waals surface area contributed by atoms with E-state index in [4.69, 9.17) is 0 Å². The van der Waals surface area contributed by atoms with Crippen LogP contribution in [0, 0.1) is 12.8 Å². The van der Waals surface area contributed by atoms with E-state index >= 15 is 0 Å². The number of para-hydroxylation sites is 1. The van der Waals surface area contributed by atoms with Crippen LogP contribution >= 0.6 is 11.3 Å². The molecule has 0 aliphatic carbocycles. The number of carbonyl (C=O) groups excluding carboxylic acids is 2. The topological polar surface area (TPSA) is 74.3 Å². The molecule has 2 aromatic rings. The Labute approximate surface area is 168 Å². The number of thiazole rings is 1. The van der Waals surface area contributed by atoms with Crippen molar-refractivity contribution in [3.8, 4) is 0 Å². The van der Waals surface area contributed by atoms with E-state index in [-0.39, 0.29) is 17.7 Å². The normalized spacial score (nSPS) is 28.4. The molecule has 2 N–H and O–H groups in total. The third-order valence-electron chi connectivity index (χ3n) is 6.40. The van der Waals surface area contributed by atoms with Crippen molar-refractivity contribution >= 4 is 28.8 Å². The molecule has 4 heterocycles. The summed E-state index contributed by atoms with van der Waals surface area (Å²) in [5, 5.41) is 9.19. The first kappa shape index (κ1) is 17.8. The number of anilines is 1. The van der Waals surface area contributed by atoms with Gasteiger partial charge in [0, 0.05) is 41.3 Å². The molecule has 0 radical (unpaired) electrons. The van der Waals surface area contributed by atoms with E-state index < -0.39 is 5.54 Å². The number of aryl methyl sites for hydroxylation is 1. The maximum Gasteiger partial charge on any atom is 0.250 e. The second-order valence-electron chi connectivity index (χ2n) is 7.97. The van der Waals surface area contributed by atoms with Crippen LogP contribution in [0.15, 0.2) is 29.6 Å². The Morgan fingerprint density at radius 2 is 2.29 bits per heavy atom. The minimum atomic E-state index is -0.861. The lowest BCUT2D eigenvalue weighted by Gasteiger charge is -2.36. The number of carbonyl (C=O) groups is 2. The van der Waals surface area contributed by atoms with Gasteiger partial charge in [0.2, 0.25) is 11.8 Å². The lowest BCUT2D eigenvalue weighted by molar-refractivity contribution is -0.137. The van der Waals surface area contributed by atoms with Gasteiger partial charge in [-0.1, -0.05) is 18.2 Å². The molecular formula is C21H24N4O2S. The standard InChI is InChI=1S/C21H24N4O2S/c1-13-12-28-18(23-13)8-9-22-19(26)16-11-14-5-4-10-25(14)21(16)15-6-2-3-7-17(15)24-20(21)27/h2-3,6-7,12,14,16H,4-5,8-11H2,1H3,(H,22,26)(H,24,27)/t14-,16+,21+/m1/s1. The average molecular weight is 397 g/mol. The third-order valence-corrected chi connectivity index (χ3v) is 7.42. The minimum absolute atomic E-state index is 0.0190. The van der Waals surface area contributed by atoms with E-state index in [1.54, 1.807) is 11.3 Å². The number of amides is 2. The summed E-state index contributed by atoms with van der Waals surface area (Å²) in [5.74, 6) is -0.428. The summed E-state index contributed by atoms with van der Waals surface area (Å²) < 4.78 is 0. The monoisotopic (exact) mass is 396 g/mol. The highest BCUT2D eigenvalue weighted by molar-refractivity contribution is 7.09. The zero-order chi connectivity index (χ0) is 19.3. The number of hydrogen-bond donors (Lipinski definition) is 2. The van der Waals surface area contributed by atoms with Crippen LogP contribution in [-0.4, -0.2) is 40.8 Å². The minimum Gasteiger partial charge on any atom is -0.355 e. The van der Waals surface area contributed by atoms with Crippen LogP contribution in [0.3, 0.4) is 0 Å². The van der Waals surface area contributed by atoms with Gasteiger partial charge in [-0.25, -0.2) is 4.98 Å². The molecule has 28 heavy (non-hydrogen) atoms. The van der Waals surface area contributed by atoms with Crippen LogP contribution in [0.4, 0.5) is 5.69 Å². The fraction of sp³-hybridized carbons (Fsp3) is 0.476. The zero-order valence-electron chi connectivity index (χ0n) is 15.9. The summed E-state index contributed by atoms with van der Waals surface area (Å²) in [5.41, 5.74) is 1.96. The Morgan fingerprint density at radius 3 is 3.11 bits per heavy atom. The highest BCUT2D eigenvalue weighted by atomic mass is 32.1. The van der Waals surface area contributed by atoms with Crippen molar-refractivity contribution in [3.05, 3.63) is 45.9 Å². The largest absolute Gasteiger partial charge is 0.355 e. The number of hydrogen-bond acceptors (Lipinski definition) is 5. The van der Waals surface area contributed by atoms with Crippen molar-refractivity contribution in [2.24, 2.45) is 5.92 Å². The number of nitrogens with zero attached hydrogens (tertiary/aromatic N) is 2. The van der Waals surface area contributed by atoms with E-state index in [0.29, 0.717) is 12.6 Å². The van der Waals surface area contributed by atoms with Gasteiger partial charge >= 0.3 is 0 Å². The molecule has 0 unspecified atom stereocenters. The van der Waals surface area contributed by atoms with E-state index in [1.807, 2.05) is 36.6 Å². The number of benzene rings is 1. The molecule has 146 valence electrons. The fourth-order valence-electron chi connectivity index (χ4n) is 5.31. The molecule has 1 spiro atoms. The van der Waals surface area contributed by atoms with Crippen molar-refractivity contribution < 1.29 is 9.59 Å². The molecule has 2 amide bonds. The molecule has 2 saturated heterocycles. The van der Waals surface area contributed by atoms with Gasteiger partial charge in [-0.05, 0) is 38.8 Å². The summed E-state index contributed by atoms with van der Waals surface area (Å²) in [6, 6.07) is 8.13. The highest BCUT2D eigenvalue weighted by Gasteiger charge is 2.65. The molecular weight excluding hydrogens is 372 g/mol. The summed E-state index contributed by atoms with van der Waals surface area (Å²) in [4.78, 5) is 33.3. The Morgan fingerprint density at radius 1 is 1.43 bits per heavy atom. The smallest absolute Gasteiger partial charge is 0.250 e. The number of aromatic nitrogens is 1. The zero-order valence-corrected chi connectivity index (χ0v) is 16.7. The summed E-state index contributed by atoms with van der Waals surface area (Å²) >= 11 is 1.62. The Balaban J connectivity index is 1.42. The van der Waals surface area contributed by atoms with Crippen LogP contribution in [-0.2, 0) is 21.5 Å². The van der Waals surface area contributed by atoms with Gasteiger partial charge in [0.05, 0.1) is 10.9 Å². The maximum atomic E-state index is 13.3. The molecule has 3 aliphatic rings. The molecule has 7 heteroatoms. The first-order chi connectivity index (χ1) is 13.6. The second kappa shape index (κ2) is 6.67. The van der Waals surface area contributed by atoms with Gasteiger partial charge in [-0.2, -0.15) is 0 Å². The van der Waals surface area contributed by atoms with Gasteiger partial charge in [0.15, 0.2) is 0 Å². The highest BCUT2D eigenvalue weighted by Crippen LogP contribution is 2.55. The van der Waals surface area contributed by atoms with Crippen molar-refractivity contribution in [1.82, 2.24) is 15.2 Å². The van der Waals surface area contributed by atoms with Gasteiger partial charge in [0.1, 0.15) is 5.54 Å². The predicted molar refractivity (Wildman–Crippen MR) is 108 cm³/mol. The van der Waals surface area contributed by atoms with Gasteiger partial charge in [-0.15, -0.1) is 11.3 Å². The van der Waals surface area contributed by atoms with E-state index in [1.165, 1.54) is 0 Å². The number of fused-ring (bicyclic) bond motifs is 4. The molecule has 5 rings (SSSR count). The van der Waals surface area contributed by atoms with E-state index in [9.17, 15) is 9.59 Å². The van der Waals surface area contributed by atoms with Crippen molar-refractivity contribution in [2.75, 3.05) is 18.4 Å². The van der Waals surface area contributed by atoms with Crippen molar-refractivity contribution in [2.45, 2.75) is 44.2 Å². The number of nitrogens with one attached hydrogen (secondary N) is 2. The first-order valence-electron chi connectivity index (χ1n) is 9.97. The van der Waals surface area contributed by atoms with Gasteiger partial charge in [-0.3, -0.25) is 14.5 Å². The van der Waals surface area contributed by atoms with Crippen LogP contribution in [0.5, 0.6) is 0 Å². The molecule has 0 saturated carbocycles. The number of rotatable bonds is 4. The van der Waals surface area contributed by atoms with Crippen LogP contribution < -0.4 is 10.6 Å². The van der Waals surface area contributed by atoms with Crippen LogP contribution in [0.25, 0.3) is 0 Å².